The van der Waals surface area contributed by atoms with Crippen molar-refractivity contribution in [3.63, 3.8) is 0 Å². The minimum Gasteiger partial charge on any atom is -0.356 e. The van der Waals surface area contributed by atoms with E-state index in [1.807, 2.05) is 19.1 Å². The zero-order valence-corrected chi connectivity index (χ0v) is 9.40. The zero-order valence-electron chi connectivity index (χ0n) is 7.75. The molecule has 0 radical (unpaired) electrons. The van der Waals surface area contributed by atoms with E-state index in [0.29, 0.717) is 0 Å². The number of hydrogen-bond donors (Lipinski definition) is 1. The maximum absolute atomic E-state index is 6.03. The Kier molecular flexibility index (Phi) is 2.70. The van der Waals surface area contributed by atoms with Crippen LogP contribution in [0.15, 0.2) is 16.7 Å². The van der Waals surface area contributed by atoms with Crippen LogP contribution in [0.25, 0.3) is 11.0 Å². The van der Waals surface area contributed by atoms with Gasteiger partial charge < -0.3 is 4.52 Å². The molecular weight excluding hydrogens is 218 g/mol. The topological polar surface area (TPSA) is 26.0 Å². The Morgan fingerprint density at radius 1 is 1.50 bits per heavy atom. The third-order valence-corrected chi connectivity index (χ3v) is 2.81. The number of rotatable bonds is 2. The van der Waals surface area contributed by atoms with Crippen LogP contribution < -0.4 is 0 Å². The highest BCUT2D eigenvalue weighted by Gasteiger charge is 2.09. The monoisotopic (exact) mass is 227 g/mol. The van der Waals surface area contributed by atoms with E-state index in [4.69, 9.17) is 16.1 Å². The Hall–Kier alpha value is -0.670. The lowest BCUT2D eigenvalue weighted by Gasteiger charge is -1.96. The Balaban J connectivity index is 2.61. The van der Waals surface area contributed by atoms with Gasteiger partial charge in [-0.25, -0.2) is 0 Å². The first kappa shape index (κ1) is 9.87. The third kappa shape index (κ3) is 1.62. The predicted octanol–water partition coefficient (Wildman–Crippen LogP) is 3.26. The fourth-order valence-corrected chi connectivity index (χ4v) is 1.77. The van der Waals surface area contributed by atoms with E-state index in [-0.39, 0.29) is 0 Å². The van der Waals surface area contributed by atoms with Gasteiger partial charge >= 0.3 is 0 Å². The lowest BCUT2D eigenvalue weighted by molar-refractivity contribution is 0.447. The number of aromatic nitrogens is 1. The molecule has 0 atom stereocenters. The van der Waals surface area contributed by atoms with Gasteiger partial charge in [-0.2, -0.15) is 12.6 Å². The highest BCUT2D eigenvalue weighted by molar-refractivity contribution is 7.80. The molecule has 0 spiro atoms. The molecule has 2 rings (SSSR count). The molecule has 0 N–H and O–H groups in total. The lowest BCUT2D eigenvalue weighted by atomic mass is 10.1. The number of halogens is 1. The van der Waals surface area contributed by atoms with Crippen LogP contribution in [0.4, 0.5) is 0 Å². The summed E-state index contributed by atoms with van der Waals surface area (Å²) in [5.41, 5.74) is 2.73. The van der Waals surface area contributed by atoms with Gasteiger partial charge in [-0.05, 0) is 30.4 Å². The van der Waals surface area contributed by atoms with E-state index in [2.05, 4.69) is 17.8 Å². The van der Waals surface area contributed by atoms with Crippen LogP contribution in [0.3, 0.4) is 0 Å². The van der Waals surface area contributed by atoms with Crippen LogP contribution in [0, 0.1) is 6.92 Å². The van der Waals surface area contributed by atoms with Crippen molar-refractivity contribution < 1.29 is 4.52 Å². The smallest absolute Gasteiger partial charge is 0.167 e. The third-order valence-electron chi connectivity index (χ3n) is 2.17. The van der Waals surface area contributed by atoms with Gasteiger partial charge in [0, 0.05) is 16.8 Å². The van der Waals surface area contributed by atoms with Crippen LogP contribution in [0.2, 0.25) is 5.02 Å². The van der Waals surface area contributed by atoms with Gasteiger partial charge in [0.05, 0.1) is 5.69 Å². The first-order chi connectivity index (χ1) is 6.72. The van der Waals surface area contributed by atoms with Crippen molar-refractivity contribution in [2.75, 3.05) is 5.75 Å². The molecular formula is C10H10ClNOS. The van der Waals surface area contributed by atoms with Crippen molar-refractivity contribution in [1.82, 2.24) is 5.16 Å². The van der Waals surface area contributed by atoms with Crippen LogP contribution in [-0.2, 0) is 6.42 Å². The van der Waals surface area contributed by atoms with Gasteiger partial charge in [0.2, 0.25) is 0 Å². The van der Waals surface area contributed by atoms with E-state index >= 15 is 0 Å². The Bertz CT molecular complexity index is 466. The summed E-state index contributed by atoms with van der Waals surface area (Å²) in [6.45, 7) is 1.95. The second kappa shape index (κ2) is 3.83. The van der Waals surface area contributed by atoms with E-state index in [1.165, 1.54) is 0 Å². The predicted molar refractivity (Wildman–Crippen MR) is 61.3 cm³/mol. The number of hydrogen-bond acceptors (Lipinski definition) is 3. The molecule has 0 aliphatic carbocycles. The molecule has 74 valence electrons. The van der Waals surface area contributed by atoms with E-state index in [0.717, 1.165) is 39.4 Å². The van der Waals surface area contributed by atoms with Crippen LogP contribution in [0.1, 0.15) is 11.3 Å². The van der Waals surface area contributed by atoms with Gasteiger partial charge in [0.15, 0.2) is 5.58 Å². The summed E-state index contributed by atoms with van der Waals surface area (Å²) in [5, 5.41) is 5.73. The fraction of sp³-hybridized carbons (Fsp3) is 0.300. The van der Waals surface area contributed by atoms with Crippen LogP contribution in [-0.4, -0.2) is 10.9 Å². The summed E-state index contributed by atoms with van der Waals surface area (Å²) in [6, 6.07) is 3.81. The second-order valence-corrected chi connectivity index (χ2v) is 4.05. The number of aryl methyl sites for hydroxylation is 2. The molecule has 0 saturated heterocycles. The Morgan fingerprint density at radius 2 is 2.29 bits per heavy atom. The Morgan fingerprint density at radius 3 is 3.00 bits per heavy atom. The molecule has 0 aliphatic rings. The normalized spacial score (nSPS) is 11.1. The first-order valence-electron chi connectivity index (χ1n) is 4.37. The van der Waals surface area contributed by atoms with Gasteiger partial charge in [-0.3, -0.25) is 0 Å². The van der Waals surface area contributed by atoms with Gasteiger partial charge in [0.25, 0.3) is 0 Å². The van der Waals surface area contributed by atoms with Gasteiger partial charge in [-0.1, -0.05) is 16.8 Å². The number of nitrogens with zero attached hydrogens (tertiary/aromatic N) is 1. The molecule has 1 aromatic heterocycles. The van der Waals surface area contributed by atoms with Crippen molar-refractivity contribution in [2.24, 2.45) is 0 Å². The molecule has 0 unspecified atom stereocenters. The molecule has 14 heavy (non-hydrogen) atoms. The van der Waals surface area contributed by atoms with Crippen LogP contribution >= 0.6 is 24.2 Å². The molecule has 4 heteroatoms. The standard InChI is InChI=1S/C10H10ClNOS/c1-6-4-10-7(5-8(6)11)9(2-3-14)12-13-10/h4-5,14H,2-3H2,1H3. The minimum atomic E-state index is 0.751. The van der Waals surface area contributed by atoms with E-state index in [1.54, 1.807) is 0 Å². The molecule has 0 fully saturated rings. The van der Waals surface area contributed by atoms with Crippen molar-refractivity contribution in [3.05, 3.63) is 28.4 Å². The minimum absolute atomic E-state index is 0.751. The highest BCUT2D eigenvalue weighted by atomic mass is 35.5. The average molecular weight is 228 g/mol. The molecule has 0 bridgehead atoms. The van der Waals surface area contributed by atoms with Gasteiger partial charge in [-0.15, -0.1) is 0 Å². The van der Waals surface area contributed by atoms with Crippen molar-refractivity contribution in [1.29, 1.82) is 0 Å². The molecule has 1 aromatic carbocycles. The summed E-state index contributed by atoms with van der Waals surface area (Å²) in [6.07, 6.45) is 0.801. The largest absolute Gasteiger partial charge is 0.356 e. The number of benzene rings is 1. The molecule has 0 amide bonds. The molecule has 2 aromatic rings. The van der Waals surface area contributed by atoms with Crippen molar-refractivity contribution >= 4 is 35.2 Å². The van der Waals surface area contributed by atoms with Gasteiger partial charge in [0.1, 0.15) is 0 Å². The lowest BCUT2D eigenvalue weighted by Crippen LogP contribution is -1.86. The molecule has 2 nitrogen and oxygen atoms in total. The molecule has 1 heterocycles. The first-order valence-corrected chi connectivity index (χ1v) is 5.38. The van der Waals surface area contributed by atoms with E-state index in [9.17, 15) is 0 Å². The van der Waals surface area contributed by atoms with Crippen molar-refractivity contribution in [3.8, 4) is 0 Å². The summed E-state index contributed by atoms with van der Waals surface area (Å²) in [7, 11) is 0. The molecule has 0 saturated carbocycles. The maximum atomic E-state index is 6.03. The summed E-state index contributed by atoms with van der Waals surface area (Å²) in [4.78, 5) is 0. The van der Waals surface area contributed by atoms with E-state index < -0.39 is 0 Å². The highest BCUT2D eigenvalue weighted by Crippen LogP contribution is 2.26. The zero-order chi connectivity index (χ0) is 10.1. The quantitative estimate of drug-likeness (QED) is 0.797. The average Bonchev–Trinajstić information content (AvgIpc) is 2.51. The van der Waals surface area contributed by atoms with Crippen molar-refractivity contribution in [2.45, 2.75) is 13.3 Å². The van der Waals surface area contributed by atoms with Crippen LogP contribution in [0.5, 0.6) is 0 Å². The number of thiol groups is 1. The fourth-order valence-electron chi connectivity index (χ4n) is 1.40. The second-order valence-electron chi connectivity index (χ2n) is 3.20. The maximum Gasteiger partial charge on any atom is 0.167 e. The summed E-state index contributed by atoms with van der Waals surface area (Å²) < 4.78 is 5.19. The summed E-state index contributed by atoms with van der Waals surface area (Å²) in [5.74, 6) is 0.757. The molecule has 0 aliphatic heterocycles. The summed E-state index contributed by atoms with van der Waals surface area (Å²) >= 11 is 10.2. The SMILES string of the molecule is Cc1cc2onc(CCS)c2cc1Cl. The number of fused-ring (bicyclic) bond motifs is 1. The Labute approximate surface area is 92.6 Å².